The molecule has 2 aliphatic rings. The van der Waals surface area contributed by atoms with Crippen molar-refractivity contribution in [1.29, 1.82) is 0 Å². The summed E-state index contributed by atoms with van der Waals surface area (Å²) < 4.78 is 6.48. The number of nitrogens with zero attached hydrogens (tertiary/aromatic N) is 3. The van der Waals surface area contributed by atoms with Crippen LogP contribution in [-0.4, -0.2) is 10.2 Å². The Morgan fingerprint density at radius 2 is 2.13 bits per heavy atom. The Morgan fingerprint density at radius 1 is 1.27 bits per heavy atom. The Morgan fingerprint density at radius 3 is 2.93 bits per heavy atom. The van der Waals surface area contributed by atoms with Gasteiger partial charge in [-0.1, -0.05) is 30.3 Å². The molecule has 0 saturated carbocycles. The summed E-state index contributed by atoms with van der Waals surface area (Å²) in [6.07, 6.45) is 2.81. The standard InChI is InChI=1S/C10H9N3S2/c1-2-4-9(5-3-1)8-10-11-13-6-7-14-15(13)12-10/h1-7H,8H2. The summed E-state index contributed by atoms with van der Waals surface area (Å²) in [5.41, 5.74) is 1.26. The van der Waals surface area contributed by atoms with Crippen LogP contribution in [0.1, 0.15) is 5.56 Å². The maximum atomic E-state index is 4.55. The summed E-state index contributed by atoms with van der Waals surface area (Å²) in [6, 6.07) is 10.3. The minimum atomic E-state index is -0.111. The van der Waals surface area contributed by atoms with Crippen molar-refractivity contribution in [2.75, 3.05) is 0 Å². The van der Waals surface area contributed by atoms with Crippen LogP contribution in [0.2, 0.25) is 0 Å². The highest BCUT2D eigenvalue weighted by Crippen LogP contribution is 2.29. The zero-order valence-corrected chi connectivity index (χ0v) is 9.54. The molecule has 0 spiro atoms. The van der Waals surface area contributed by atoms with Gasteiger partial charge >= 0.3 is 0 Å². The zero-order chi connectivity index (χ0) is 10.1. The lowest BCUT2D eigenvalue weighted by Crippen LogP contribution is -2.01. The average molecular weight is 235 g/mol. The van der Waals surface area contributed by atoms with Crippen molar-refractivity contribution in [2.45, 2.75) is 6.42 Å². The van der Waals surface area contributed by atoms with Crippen LogP contribution >= 0.6 is 10.8 Å². The molecule has 0 radical (unpaired) electrons. The lowest BCUT2D eigenvalue weighted by Gasteiger charge is -2.00. The van der Waals surface area contributed by atoms with Crippen molar-refractivity contribution in [3.8, 4) is 0 Å². The number of rotatable bonds is 2. The zero-order valence-electron chi connectivity index (χ0n) is 7.91. The van der Waals surface area contributed by atoms with Gasteiger partial charge in [-0.15, -0.1) is 5.10 Å². The molecule has 2 heterocycles. The third kappa shape index (κ3) is 1.85. The van der Waals surface area contributed by atoms with Crippen molar-refractivity contribution < 1.29 is 0 Å². The fourth-order valence-corrected chi connectivity index (χ4v) is 3.94. The molecule has 0 bridgehead atoms. The van der Waals surface area contributed by atoms with E-state index in [0.717, 1.165) is 12.3 Å². The minimum absolute atomic E-state index is 0.111. The van der Waals surface area contributed by atoms with E-state index in [9.17, 15) is 0 Å². The van der Waals surface area contributed by atoms with Gasteiger partial charge < -0.3 is 0 Å². The molecule has 3 nitrogen and oxygen atoms in total. The lowest BCUT2D eigenvalue weighted by atomic mass is 10.1. The molecule has 15 heavy (non-hydrogen) atoms. The first-order valence-electron chi connectivity index (χ1n) is 4.62. The molecule has 76 valence electrons. The van der Waals surface area contributed by atoms with Crippen molar-refractivity contribution >= 4 is 26.5 Å². The molecule has 0 aromatic heterocycles. The third-order valence-corrected chi connectivity index (χ3v) is 4.92. The van der Waals surface area contributed by atoms with E-state index in [1.54, 1.807) is 10.8 Å². The van der Waals surface area contributed by atoms with E-state index in [-0.39, 0.29) is 9.91 Å². The molecular formula is C10H9N3S2. The van der Waals surface area contributed by atoms with Crippen molar-refractivity contribution in [1.82, 2.24) is 4.41 Å². The van der Waals surface area contributed by atoms with Gasteiger partial charge in [0.1, 0.15) is 0 Å². The number of hydrogen-bond acceptors (Lipinski definition) is 4. The number of benzene rings is 1. The predicted octanol–water partition coefficient (Wildman–Crippen LogP) is 2.71. The molecule has 3 rings (SSSR count). The molecule has 1 aromatic rings. The largest absolute Gasteiger partial charge is 0.192 e. The molecule has 1 unspecified atom stereocenters. The maximum absolute atomic E-state index is 4.55. The van der Waals surface area contributed by atoms with E-state index in [2.05, 4.69) is 21.6 Å². The smallest absolute Gasteiger partial charge is 0.164 e. The van der Waals surface area contributed by atoms with Crippen LogP contribution in [0.3, 0.4) is 0 Å². The van der Waals surface area contributed by atoms with Gasteiger partial charge in [0.15, 0.2) is 5.84 Å². The van der Waals surface area contributed by atoms with Crippen LogP contribution in [0.25, 0.3) is 0 Å². The molecule has 1 aromatic carbocycles. The molecule has 0 aliphatic carbocycles. The van der Waals surface area contributed by atoms with E-state index in [0.29, 0.717) is 0 Å². The van der Waals surface area contributed by atoms with Crippen LogP contribution < -0.4 is 0 Å². The van der Waals surface area contributed by atoms with E-state index in [1.165, 1.54) is 5.56 Å². The van der Waals surface area contributed by atoms with Crippen LogP contribution in [-0.2, 0) is 16.3 Å². The van der Waals surface area contributed by atoms with E-state index >= 15 is 0 Å². The predicted molar refractivity (Wildman–Crippen MR) is 65.9 cm³/mol. The highest BCUT2D eigenvalue weighted by Gasteiger charge is 2.19. The van der Waals surface area contributed by atoms with Gasteiger partial charge in [0.25, 0.3) is 0 Å². The molecular weight excluding hydrogens is 226 g/mol. The summed E-state index contributed by atoms with van der Waals surface area (Å²) in [6.45, 7) is 0. The number of amidine groups is 1. The first-order chi connectivity index (χ1) is 7.42. The van der Waals surface area contributed by atoms with Gasteiger partial charge in [0.2, 0.25) is 0 Å². The molecule has 0 N–H and O–H groups in total. The SMILES string of the molecule is C1=CN2N=C(Cc3ccccc3)N=S2S1. The van der Waals surface area contributed by atoms with Crippen molar-refractivity contribution in [3.63, 3.8) is 0 Å². The van der Waals surface area contributed by atoms with Gasteiger partial charge in [-0.3, -0.25) is 0 Å². The Kier molecular flexibility index (Phi) is 2.34. The number of hydrazone groups is 1. The van der Waals surface area contributed by atoms with Crippen LogP contribution in [0.15, 0.2) is 51.4 Å². The highest BCUT2D eigenvalue weighted by molar-refractivity contribution is 8.70. The second-order valence-corrected chi connectivity index (χ2v) is 6.14. The van der Waals surface area contributed by atoms with Gasteiger partial charge in [-0.2, -0.15) is 8.78 Å². The molecule has 1 atom stereocenters. The van der Waals surface area contributed by atoms with Gasteiger partial charge in [0.05, 0.1) is 9.91 Å². The Bertz CT molecular complexity index is 465. The Hall–Kier alpha value is -1.07. The maximum Gasteiger partial charge on any atom is 0.164 e. The van der Waals surface area contributed by atoms with E-state index < -0.39 is 0 Å². The van der Waals surface area contributed by atoms with Gasteiger partial charge in [0, 0.05) is 18.0 Å². The van der Waals surface area contributed by atoms with Gasteiger partial charge in [-0.25, -0.2) is 0 Å². The lowest BCUT2D eigenvalue weighted by molar-refractivity contribution is 0.687. The van der Waals surface area contributed by atoms with Crippen LogP contribution in [0, 0.1) is 0 Å². The second kappa shape index (κ2) is 3.83. The normalized spacial score (nSPS) is 22.5. The summed E-state index contributed by atoms with van der Waals surface area (Å²) in [5.74, 6) is 0.932. The first kappa shape index (κ1) is 9.18. The highest BCUT2D eigenvalue weighted by atomic mass is 33.1. The van der Waals surface area contributed by atoms with Crippen molar-refractivity contribution in [2.24, 2.45) is 9.46 Å². The van der Waals surface area contributed by atoms with Crippen LogP contribution in [0.5, 0.6) is 0 Å². The summed E-state index contributed by atoms with van der Waals surface area (Å²) in [5, 5.41) is 6.47. The average Bonchev–Trinajstić information content (AvgIpc) is 2.79. The second-order valence-electron chi connectivity index (χ2n) is 3.18. The molecule has 2 aliphatic heterocycles. The third-order valence-electron chi connectivity index (χ3n) is 2.09. The molecule has 0 amide bonds. The molecule has 5 heteroatoms. The molecule has 0 fully saturated rings. The number of hydrogen-bond donors (Lipinski definition) is 0. The summed E-state index contributed by atoms with van der Waals surface area (Å²) in [4.78, 5) is 0. The van der Waals surface area contributed by atoms with Crippen LogP contribution in [0.4, 0.5) is 0 Å². The Balaban J connectivity index is 1.79. The topological polar surface area (TPSA) is 28.0 Å². The van der Waals surface area contributed by atoms with E-state index in [4.69, 9.17) is 0 Å². The monoisotopic (exact) mass is 235 g/mol. The van der Waals surface area contributed by atoms with Crippen molar-refractivity contribution in [3.05, 3.63) is 47.5 Å². The minimum Gasteiger partial charge on any atom is -0.192 e. The first-order valence-corrected chi connectivity index (χ1v) is 7.16. The van der Waals surface area contributed by atoms with E-state index in [1.807, 2.05) is 34.2 Å². The quantitative estimate of drug-likeness (QED) is 0.737. The number of fused-ring (bicyclic) bond motifs is 1. The fourth-order valence-electron chi connectivity index (χ4n) is 1.42. The Labute approximate surface area is 94.5 Å². The molecule has 0 saturated heterocycles. The summed E-state index contributed by atoms with van der Waals surface area (Å²) in [7, 11) is 1.61. The summed E-state index contributed by atoms with van der Waals surface area (Å²) >= 11 is 0. The van der Waals surface area contributed by atoms with Gasteiger partial charge in [-0.05, 0) is 16.4 Å². The fraction of sp³-hybridized carbons (Fsp3) is 0.100.